The zero-order chi connectivity index (χ0) is 17.3. The smallest absolute Gasteiger partial charge is 0.274 e. The lowest BCUT2D eigenvalue weighted by atomic mass is 10.2. The number of aromatic nitrogens is 5. The predicted octanol–water partition coefficient (Wildman–Crippen LogP) is 0.994. The lowest BCUT2D eigenvalue weighted by Gasteiger charge is -2.09. The molecule has 0 radical (unpaired) electrons. The molecule has 1 amide bonds. The van der Waals surface area contributed by atoms with Crippen LogP contribution >= 0.6 is 0 Å². The standard InChI is InChI=1S/C15H17N7O2/c1-8-11(15-17-4-5-24-15)21-13(16)12(20-8)14(23)18-6-10-7-19-22(3)9(10)2/h4-5,7H,6H2,1-3H3,(H2,16,21)(H,18,23). The lowest BCUT2D eigenvalue weighted by Crippen LogP contribution is -2.26. The van der Waals surface area contributed by atoms with Crippen LogP contribution in [0.1, 0.15) is 27.4 Å². The normalized spacial score (nSPS) is 10.8. The Morgan fingerprint density at radius 2 is 2.17 bits per heavy atom. The van der Waals surface area contributed by atoms with E-state index in [1.165, 1.54) is 12.5 Å². The average Bonchev–Trinajstić information content (AvgIpc) is 3.19. The van der Waals surface area contributed by atoms with Gasteiger partial charge in [-0.1, -0.05) is 0 Å². The van der Waals surface area contributed by atoms with Gasteiger partial charge in [-0.3, -0.25) is 9.48 Å². The molecule has 3 aromatic heterocycles. The summed E-state index contributed by atoms with van der Waals surface area (Å²) in [7, 11) is 1.84. The number of hydrogen-bond acceptors (Lipinski definition) is 7. The second-order valence-corrected chi connectivity index (χ2v) is 5.29. The number of carbonyl (C=O) groups excluding carboxylic acids is 1. The van der Waals surface area contributed by atoms with E-state index in [9.17, 15) is 4.79 Å². The molecule has 0 fully saturated rings. The molecular weight excluding hydrogens is 310 g/mol. The van der Waals surface area contributed by atoms with Gasteiger partial charge in [0.25, 0.3) is 5.91 Å². The van der Waals surface area contributed by atoms with Gasteiger partial charge in [0, 0.05) is 24.8 Å². The van der Waals surface area contributed by atoms with Crippen LogP contribution in [0.25, 0.3) is 11.6 Å². The number of carbonyl (C=O) groups is 1. The average molecular weight is 327 g/mol. The molecular formula is C15H17N7O2. The number of anilines is 1. The highest BCUT2D eigenvalue weighted by molar-refractivity contribution is 5.96. The topological polar surface area (TPSA) is 125 Å². The largest absolute Gasteiger partial charge is 0.443 e. The van der Waals surface area contributed by atoms with E-state index in [2.05, 4.69) is 25.4 Å². The molecule has 9 heteroatoms. The molecule has 124 valence electrons. The number of nitrogens with one attached hydrogen (secondary N) is 1. The minimum absolute atomic E-state index is 0.0224. The van der Waals surface area contributed by atoms with E-state index in [1.807, 2.05) is 14.0 Å². The molecule has 9 nitrogen and oxygen atoms in total. The Morgan fingerprint density at radius 3 is 2.79 bits per heavy atom. The molecule has 0 bridgehead atoms. The van der Waals surface area contributed by atoms with Gasteiger partial charge in [-0.15, -0.1) is 0 Å². The lowest BCUT2D eigenvalue weighted by molar-refractivity contribution is 0.0946. The molecule has 0 spiro atoms. The third kappa shape index (κ3) is 2.83. The highest BCUT2D eigenvalue weighted by Crippen LogP contribution is 2.20. The van der Waals surface area contributed by atoms with Gasteiger partial charge in [0.05, 0.1) is 18.1 Å². The molecule has 0 saturated heterocycles. The number of hydrogen-bond donors (Lipinski definition) is 2. The Hall–Kier alpha value is -3.23. The van der Waals surface area contributed by atoms with E-state index in [-0.39, 0.29) is 11.5 Å². The summed E-state index contributed by atoms with van der Waals surface area (Å²) in [6.45, 7) is 3.98. The summed E-state index contributed by atoms with van der Waals surface area (Å²) in [5.41, 5.74) is 8.77. The van der Waals surface area contributed by atoms with Crippen molar-refractivity contribution in [1.82, 2.24) is 30.0 Å². The monoisotopic (exact) mass is 327 g/mol. The molecule has 0 aromatic carbocycles. The van der Waals surface area contributed by atoms with Gasteiger partial charge >= 0.3 is 0 Å². The molecule has 0 aliphatic heterocycles. The van der Waals surface area contributed by atoms with Gasteiger partial charge in [-0.25, -0.2) is 15.0 Å². The number of rotatable bonds is 4. The first kappa shape index (κ1) is 15.7. The van der Waals surface area contributed by atoms with E-state index in [1.54, 1.807) is 17.8 Å². The second-order valence-electron chi connectivity index (χ2n) is 5.29. The first-order valence-corrected chi connectivity index (χ1v) is 7.27. The molecule has 0 aliphatic rings. The maximum atomic E-state index is 12.3. The van der Waals surface area contributed by atoms with Crippen LogP contribution in [-0.4, -0.2) is 30.6 Å². The van der Waals surface area contributed by atoms with Gasteiger partial charge in [0.15, 0.2) is 11.5 Å². The van der Waals surface area contributed by atoms with Crippen molar-refractivity contribution in [2.24, 2.45) is 7.05 Å². The van der Waals surface area contributed by atoms with Crippen LogP contribution in [0.3, 0.4) is 0 Å². The van der Waals surface area contributed by atoms with Crippen LogP contribution in [0.5, 0.6) is 0 Å². The van der Waals surface area contributed by atoms with E-state index in [4.69, 9.17) is 10.2 Å². The van der Waals surface area contributed by atoms with E-state index in [0.717, 1.165) is 11.3 Å². The first-order valence-electron chi connectivity index (χ1n) is 7.27. The van der Waals surface area contributed by atoms with Crippen molar-refractivity contribution in [3.05, 3.63) is 41.3 Å². The minimum atomic E-state index is -0.398. The molecule has 3 heterocycles. The summed E-state index contributed by atoms with van der Waals surface area (Å²) >= 11 is 0. The zero-order valence-corrected chi connectivity index (χ0v) is 13.6. The van der Waals surface area contributed by atoms with Crippen molar-refractivity contribution in [3.63, 3.8) is 0 Å². The quantitative estimate of drug-likeness (QED) is 0.732. The van der Waals surface area contributed by atoms with Gasteiger partial charge in [-0.05, 0) is 13.8 Å². The molecule has 24 heavy (non-hydrogen) atoms. The van der Waals surface area contributed by atoms with Crippen molar-refractivity contribution in [2.45, 2.75) is 20.4 Å². The molecule has 3 aromatic rings. The maximum Gasteiger partial charge on any atom is 0.274 e. The third-order valence-electron chi connectivity index (χ3n) is 3.72. The SMILES string of the molecule is Cc1nc(C(=O)NCc2cnn(C)c2C)c(N)nc1-c1ncco1. The van der Waals surface area contributed by atoms with Crippen LogP contribution in [0.2, 0.25) is 0 Å². The fourth-order valence-corrected chi connectivity index (χ4v) is 2.22. The molecule has 3 rings (SSSR count). The first-order chi connectivity index (χ1) is 11.5. The predicted molar refractivity (Wildman–Crippen MR) is 85.8 cm³/mol. The van der Waals surface area contributed by atoms with Crippen LogP contribution in [0, 0.1) is 13.8 Å². The van der Waals surface area contributed by atoms with Crippen LogP contribution in [0.15, 0.2) is 23.1 Å². The molecule has 0 atom stereocenters. The number of amides is 1. The summed E-state index contributed by atoms with van der Waals surface area (Å²) in [4.78, 5) is 24.8. The Labute approximate surface area is 137 Å². The van der Waals surface area contributed by atoms with Gasteiger partial charge in [-0.2, -0.15) is 5.10 Å². The Morgan fingerprint density at radius 1 is 1.38 bits per heavy atom. The highest BCUT2D eigenvalue weighted by atomic mass is 16.3. The Balaban J connectivity index is 1.80. The Kier molecular flexibility index (Phi) is 3.98. The minimum Gasteiger partial charge on any atom is -0.443 e. The zero-order valence-electron chi connectivity index (χ0n) is 13.6. The molecule has 0 unspecified atom stereocenters. The highest BCUT2D eigenvalue weighted by Gasteiger charge is 2.19. The number of aryl methyl sites for hydroxylation is 2. The maximum absolute atomic E-state index is 12.3. The van der Waals surface area contributed by atoms with Crippen molar-refractivity contribution in [3.8, 4) is 11.6 Å². The van der Waals surface area contributed by atoms with Crippen LogP contribution < -0.4 is 11.1 Å². The van der Waals surface area contributed by atoms with Gasteiger partial charge in [0.2, 0.25) is 5.89 Å². The van der Waals surface area contributed by atoms with Crippen molar-refractivity contribution in [1.29, 1.82) is 0 Å². The van der Waals surface area contributed by atoms with Crippen molar-refractivity contribution in [2.75, 3.05) is 5.73 Å². The van der Waals surface area contributed by atoms with Crippen LogP contribution in [-0.2, 0) is 13.6 Å². The third-order valence-corrected chi connectivity index (χ3v) is 3.72. The van der Waals surface area contributed by atoms with E-state index < -0.39 is 5.91 Å². The van der Waals surface area contributed by atoms with Crippen molar-refractivity contribution >= 4 is 11.7 Å². The number of nitrogens with two attached hydrogens (primary N) is 1. The van der Waals surface area contributed by atoms with E-state index in [0.29, 0.717) is 23.8 Å². The molecule has 0 aliphatic carbocycles. The second kappa shape index (κ2) is 6.11. The molecule has 3 N–H and O–H groups in total. The number of nitrogens with zero attached hydrogens (tertiary/aromatic N) is 5. The van der Waals surface area contributed by atoms with Crippen LogP contribution in [0.4, 0.5) is 5.82 Å². The summed E-state index contributed by atoms with van der Waals surface area (Å²) in [5, 5.41) is 6.91. The number of nitrogen functional groups attached to an aromatic ring is 1. The fraction of sp³-hybridized carbons (Fsp3) is 0.267. The van der Waals surface area contributed by atoms with Gasteiger partial charge in [0.1, 0.15) is 12.0 Å². The summed E-state index contributed by atoms with van der Waals surface area (Å²) in [6.07, 6.45) is 4.65. The summed E-state index contributed by atoms with van der Waals surface area (Å²) in [5.74, 6) is -0.0656. The van der Waals surface area contributed by atoms with Gasteiger partial charge < -0.3 is 15.5 Å². The number of oxazole rings is 1. The summed E-state index contributed by atoms with van der Waals surface area (Å²) in [6, 6.07) is 0. The van der Waals surface area contributed by atoms with Crippen molar-refractivity contribution < 1.29 is 9.21 Å². The summed E-state index contributed by atoms with van der Waals surface area (Å²) < 4.78 is 6.94. The molecule has 0 saturated carbocycles. The van der Waals surface area contributed by atoms with E-state index >= 15 is 0 Å². The fourth-order valence-electron chi connectivity index (χ4n) is 2.22. The Bertz CT molecular complexity index is 884.